The third-order valence-electron chi connectivity index (χ3n) is 3.43. The number of nitrogens with one attached hydrogen (secondary N) is 1. The minimum Gasteiger partial charge on any atom is -0.373 e. The molecular formula is C16H17FN2O2. The van der Waals surface area contributed by atoms with Crippen molar-refractivity contribution in [2.75, 3.05) is 5.32 Å². The summed E-state index contributed by atoms with van der Waals surface area (Å²) in [5.41, 5.74) is 3.29. The zero-order chi connectivity index (χ0) is 15.6. The van der Waals surface area contributed by atoms with E-state index >= 15 is 0 Å². The average Bonchev–Trinajstić information content (AvgIpc) is 2.41. The molecule has 2 rings (SSSR count). The highest BCUT2D eigenvalue weighted by molar-refractivity contribution is 5.62. The van der Waals surface area contributed by atoms with Gasteiger partial charge in [-0.05, 0) is 38.0 Å². The van der Waals surface area contributed by atoms with Crippen molar-refractivity contribution in [3.8, 4) is 0 Å². The number of nitro benzene ring substituents is 1. The lowest BCUT2D eigenvalue weighted by Gasteiger charge is -2.18. The molecule has 0 aliphatic heterocycles. The van der Waals surface area contributed by atoms with E-state index in [4.69, 9.17) is 0 Å². The van der Waals surface area contributed by atoms with Crippen molar-refractivity contribution >= 4 is 11.4 Å². The normalized spacial score (nSPS) is 12.0. The molecule has 0 saturated heterocycles. The summed E-state index contributed by atoms with van der Waals surface area (Å²) >= 11 is 0. The lowest BCUT2D eigenvalue weighted by Crippen LogP contribution is -2.10. The van der Waals surface area contributed by atoms with Crippen molar-refractivity contribution in [3.63, 3.8) is 0 Å². The second kappa shape index (κ2) is 5.91. The van der Waals surface area contributed by atoms with Gasteiger partial charge >= 0.3 is 0 Å². The predicted molar refractivity (Wildman–Crippen MR) is 81.0 cm³/mol. The van der Waals surface area contributed by atoms with Gasteiger partial charge in [-0.25, -0.2) is 4.39 Å². The number of anilines is 1. The smallest absolute Gasteiger partial charge is 0.292 e. The van der Waals surface area contributed by atoms with Crippen molar-refractivity contribution < 1.29 is 9.31 Å². The van der Waals surface area contributed by atoms with Crippen molar-refractivity contribution in [2.45, 2.75) is 26.8 Å². The van der Waals surface area contributed by atoms with Crippen molar-refractivity contribution in [1.29, 1.82) is 0 Å². The monoisotopic (exact) mass is 288 g/mol. The Bertz CT molecular complexity index is 686. The molecule has 1 unspecified atom stereocenters. The topological polar surface area (TPSA) is 55.2 Å². The highest BCUT2D eigenvalue weighted by atomic mass is 19.1. The highest BCUT2D eigenvalue weighted by Crippen LogP contribution is 2.30. The Labute approximate surface area is 122 Å². The summed E-state index contributed by atoms with van der Waals surface area (Å²) in [6.45, 7) is 5.86. The number of halogens is 1. The molecule has 0 aliphatic carbocycles. The molecule has 21 heavy (non-hydrogen) atoms. The van der Waals surface area contributed by atoms with E-state index in [9.17, 15) is 14.5 Å². The largest absolute Gasteiger partial charge is 0.373 e. The van der Waals surface area contributed by atoms with Gasteiger partial charge in [0.25, 0.3) is 5.69 Å². The molecular weight excluding hydrogens is 271 g/mol. The molecule has 0 spiro atoms. The molecule has 0 aromatic heterocycles. The average molecular weight is 288 g/mol. The lowest BCUT2D eigenvalue weighted by atomic mass is 9.99. The molecule has 110 valence electrons. The maximum absolute atomic E-state index is 13.3. The van der Waals surface area contributed by atoms with Crippen LogP contribution in [0.4, 0.5) is 15.8 Å². The molecule has 1 atom stereocenters. The molecule has 0 amide bonds. The Kier molecular flexibility index (Phi) is 4.21. The van der Waals surface area contributed by atoms with Gasteiger partial charge in [0.2, 0.25) is 0 Å². The first-order valence-corrected chi connectivity index (χ1v) is 6.66. The van der Waals surface area contributed by atoms with E-state index in [0.29, 0.717) is 0 Å². The third-order valence-corrected chi connectivity index (χ3v) is 3.43. The summed E-state index contributed by atoms with van der Waals surface area (Å²) in [6, 6.07) is 9.29. The third kappa shape index (κ3) is 3.37. The standard InChI is InChI=1S/C16H17FN2O2/c1-10-4-5-11(2)14(8-10)12(3)18-15-9-13(17)6-7-16(15)19(20)21/h4-9,12,18H,1-3H3. The first-order chi connectivity index (χ1) is 9.88. The van der Waals surface area contributed by atoms with E-state index < -0.39 is 10.7 Å². The van der Waals surface area contributed by atoms with Crippen LogP contribution in [-0.4, -0.2) is 4.92 Å². The van der Waals surface area contributed by atoms with Crippen LogP contribution in [0.1, 0.15) is 29.7 Å². The SMILES string of the molecule is Cc1ccc(C)c(C(C)Nc2cc(F)ccc2[N+](=O)[O-])c1. The second-order valence-corrected chi connectivity index (χ2v) is 5.14. The molecule has 0 bridgehead atoms. The van der Waals surface area contributed by atoms with Crippen molar-refractivity contribution in [1.82, 2.24) is 0 Å². The fourth-order valence-corrected chi connectivity index (χ4v) is 2.32. The molecule has 5 heteroatoms. The van der Waals surface area contributed by atoms with Crippen LogP contribution in [0.15, 0.2) is 36.4 Å². The zero-order valence-corrected chi connectivity index (χ0v) is 12.2. The summed E-state index contributed by atoms with van der Waals surface area (Å²) in [5.74, 6) is -0.503. The van der Waals surface area contributed by atoms with Gasteiger partial charge in [0.05, 0.1) is 4.92 Å². The van der Waals surface area contributed by atoms with Crippen LogP contribution in [-0.2, 0) is 0 Å². The first kappa shape index (κ1) is 15.0. The molecule has 0 heterocycles. The van der Waals surface area contributed by atoms with Crippen LogP contribution >= 0.6 is 0 Å². The fourth-order valence-electron chi connectivity index (χ4n) is 2.32. The molecule has 0 saturated carbocycles. The second-order valence-electron chi connectivity index (χ2n) is 5.14. The number of rotatable bonds is 4. The van der Waals surface area contributed by atoms with Crippen molar-refractivity contribution in [3.05, 3.63) is 69.0 Å². The van der Waals surface area contributed by atoms with E-state index in [0.717, 1.165) is 28.8 Å². The van der Waals surface area contributed by atoms with Gasteiger partial charge in [-0.1, -0.05) is 23.8 Å². The summed E-state index contributed by atoms with van der Waals surface area (Å²) in [4.78, 5) is 10.5. The number of aryl methyl sites for hydroxylation is 2. The summed E-state index contributed by atoms with van der Waals surface area (Å²) in [7, 11) is 0. The van der Waals surface area contributed by atoms with Gasteiger partial charge in [0.1, 0.15) is 11.5 Å². The predicted octanol–water partition coefficient (Wildman–Crippen LogP) is 4.52. The maximum Gasteiger partial charge on any atom is 0.292 e. The number of nitrogens with zero attached hydrogens (tertiary/aromatic N) is 1. The van der Waals surface area contributed by atoms with Crippen LogP contribution in [0.3, 0.4) is 0 Å². The Balaban J connectivity index is 2.35. The first-order valence-electron chi connectivity index (χ1n) is 6.66. The van der Waals surface area contributed by atoms with Crippen LogP contribution in [0.2, 0.25) is 0 Å². The van der Waals surface area contributed by atoms with Crippen LogP contribution in [0, 0.1) is 29.8 Å². The van der Waals surface area contributed by atoms with Crippen molar-refractivity contribution in [2.24, 2.45) is 0 Å². The minimum atomic E-state index is -0.516. The Morgan fingerprint density at radius 2 is 1.90 bits per heavy atom. The fraction of sp³-hybridized carbons (Fsp3) is 0.250. The van der Waals surface area contributed by atoms with Gasteiger partial charge < -0.3 is 5.32 Å². The van der Waals surface area contributed by atoms with E-state index in [2.05, 4.69) is 5.32 Å². The van der Waals surface area contributed by atoms with E-state index in [1.807, 2.05) is 39.0 Å². The van der Waals surface area contributed by atoms with Gasteiger partial charge in [0.15, 0.2) is 0 Å². The minimum absolute atomic E-state index is 0.131. The van der Waals surface area contributed by atoms with Gasteiger partial charge in [0, 0.05) is 18.2 Å². The quantitative estimate of drug-likeness (QED) is 0.664. The number of hydrogen-bond acceptors (Lipinski definition) is 3. The van der Waals surface area contributed by atoms with E-state index in [1.165, 1.54) is 6.07 Å². The maximum atomic E-state index is 13.3. The molecule has 0 radical (unpaired) electrons. The number of nitro groups is 1. The van der Waals surface area contributed by atoms with E-state index in [-0.39, 0.29) is 17.4 Å². The molecule has 2 aromatic rings. The zero-order valence-electron chi connectivity index (χ0n) is 12.2. The Hall–Kier alpha value is -2.43. The summed E-state index contributed by atoms with van der Waals surface area (Å²) < 4.78 is 13.3. The molecule has 2 aromatic carbocycles. The lowest BCUT2D eigenvalue weighted by molar-refractivity contribution is -0.384. The molecule has 0 aliphatic rings. The molecule has 4 nitrogen and oxygen atoms in total. The number of hydrogen-bond donors (Lipinski definition) is 1. The van der Waals surface area contributed by atoms with Gasteiger partial charge in [-0.15, -0.1) is 0 Å². The van der Waals surface area contributed by atoms with Crippen LogP contribution in [0.25, 0.3) is 0 Å². The van der Waals surface area contributed by atoms with Gasteiger partial charge in [-0.3, -0.25) is 10.1 Å². The summed E-state index contributed by atoms with van der Waals surface area (Å²) in [5, 5.41) is 14.1. The molecule has 1 N–H and O–H groups in total. The molecule has 0 fully saturated rings. The van der Waals surface area contributed by atoms with E-state index in [1.54, 1.807) is 0 Å². The Morgan fingerprint density at radius 3 is 2.57 bits per heavy atom. The van der Waals surface area contributed by atoms with Crippen LogP contribution < -0.4 is 5.32 Å². The number of benzene rings is 2. The Morgan fingerprint density at radius 1 is 1.19 bits per heavy atom. The summed E-state index contributed by atoms with van der Waals surface area (Å²) in [6.07, 6.45) is 0. The van der Waals surface area contributed by atoms with Crippen LogP contribution in [0.5, 0.6) is 0 Å². The van der Waals surface area contributed by atoms with Gasteiger partial charge in [-0.2, -0.15) is 0 Å². The highest BCUT2D eigenvalue weighted by Gasteiger charge is 2.17.